The summed E-state index contributed by atoms with van der Waals surface area (Å²) < 4.78 is 5.35. The van der Waals surface area contributed by atoms with E-state index in [1.165, 1.54) is 6.42 Å². The molecule has 0 aliphatic carbocycles. The van der Waals surface area contributed by atoms with E-state index >= 15 is 0 Å². The average Bonchev–Trinajstić information content (AvgIpc) is 2.53. The number of nitrogens with zero attached hydrogens (tertiary/aromatic N) is 2. The van der Waals surface area contributed by atoms with E-state index in [0.29, 0.717) is 5.91 Å². The van der Waals surface area contributed by atoms with Crippen LogP contribution in [0.2, 0.25) is 0 Å². The van der Waals surface area contributed by atoms with E-state index in [4.69, 9.17) is 4.74 Å². The number of hydrogen-bond acceptors (Lipinski definition) is 4. The quantitative estimate of drug-likeness (QED) is 0.800. The third-order valence-corrected chi connectivity index (χ3v) is 4.68. The van der Waals surface area contributed by atoms with Crippen LogP contribution in [0.5, 0.6) is 0 Å². The van der Waals surface area contributed by atoms with Gasteiger partial charge in [-0.1, -0.05) is 0 Å². The first-order chi connectivity index (χ1) is 9.72. The largest absolute Gasteiger partial charge is 0.379 e. The van der Waals surface area contributed by atoms with Gasteiger partial charge in [0.05, 0.1) is 19.3 Å². The molecule has 20 heavy (non-hydrogen) atoms. The minimum Gasteiger partial charge on any atom is -0.379 e. The number of likely N-dealkylation sites (tertiary alicyclic amines) is 1. The summed E-state index contributed by atoms with van der Waals surface area (Å²) in [5.74, 6) is 1.09. The standard InChI is InChI=1S/C15H29N3O2/c1-13(17-9-11-20-12-10-17)15(19)18-7-4-14(5-8-18)3-6-16-2/h13-14,16H,3-12H2,1-2H3. The molecule has 1 N–H and O–H groups in total. The normalized spacial score (nSPS) is 23.8. The van der Waals surface area contributed by atoms with Gasteiger partial charge < -0.3 is 15.0 Å². The molecule has 5 heteroatoms. The summed E-state index contributed by atoms with van der Waals surface area (Å²) in [6.07, 6.45) is 3.55. The molecule has 0 radical (unpaired) electrons. The van der Waals surface area contributed by atoms with Crippen molar-refractivity contribution in [3.8, 4) is 0 Å². The molecule has 0 aromatic heterocycles. The Kier molecular flexibility index (Phi) is 6.26. The van der Waals surface area contributed by atoms with Crippen LogP contribution in [0.25, 0.3) is 0 Å². The molecule has 2 saturated heterocycles. The molecule has 2 aliphatic rings. The Morgan fingerprint density at radius 2 is 1.90 bits per heavy atom. The molecule has 1 atom stereocenters. The van der Waals surface area contributed by atoms with Crippen LogP contribution in [0.1, 0.15) is 26.2 Å². The minimum atomic E-state index is 0.00718. The molecule has 0 saturated carbocycles. The second-order valence-electron chi connectivity index (χ2n) is 5.99. The average molecular weight is 283 g/mol. The maximum atomic E-state index is 12.5. The lowest BCUT2D eigenvalue weighted by Gasteiger charge is -2.37. The van der Waals surface area contributed by atoms with Crippen LogP contribution in [-0.2, 0) is 9.53 Å². The number of nitrogens with one attached hydrogen (secondary N) is 1. The Bertz CT molecular complexity index is 297. The molecular weight excluding hydrogens is 254 g/mol. The van der Waals surface area contributed by atoms with Crippen molar-refractivity contribution in [1.29, 1.82) is 0 Å². The predicted molar refractivity (Wildman–Crippen MR) is 79.7 cm³/mol. The molecule has 2 heterocycles. The molecular formula is C15H29N3O2. The Labute approximate surface area is 122 Å². The Morgan fingerprint density at radius 3 is 2.50 bits per heavy atom. The molecule has 2 fully saturated rings. The van der Waals surface area contributed by atoms with Gasteiger partial charge in [-0.25, -0.2) is 0 Å². The summed E-state index contributed by atoms with van der Waals surface area (Å²) in [6, 6.07) is 0.00718. The smallest absolute Gasteiger partial charge is 0.239 e. The van der Waals surface area contributed by atoms with Crippen molar-refractivity contribution in [3.05, 3.63) is 0 Å². The highest BCUT2D eigenvalue weighted by atomic mass is 16.5. The van der Waals surface area contributed by atoms with Crippen molar-refractivity contribution < 1.29 is 9.53 Å². The maximum Gasteiger partial charge on any atom is 0.239 e. The molecule has 5 nitrogen and oxygen atoms in total. The number of piperidine rings is 1. The summed E-state index contributed by atoms with van der Waals surface area (Å²) >= 11 is 0. The SMILES string of the molecule is CNCCC1CCN(C(=O)C(C)N2CCOCC2)CC1. The van der Waals surface area contributed by atoms with Crippen molar-refractivity contribution in [2.45, 2.75) is 32.2 Å². The molecule has 1 unspecified atom stereocenters. The molecule has 2 aliphatic heterocycles. The van der Waals surface area contributed by atoms with Crippen LogP contribution in [0.4, 0.5) is 0 Å². The number of ether oxygens (including phenoxy) is 1. The zero-order chi connectivity index (χ0) is 14.4. The van der Waals surface area contributed by atoms with Crippen LogP contribution in [0, 0.1) is 5.92 Å². The Hall–Kier alpha value is -0.650. The molecule has 0 aromatic rings. The van der Waals surface area contributed by atoms with Gasteiger partial charge in [-0.05, 0) is 45.7 Å². The van der Waals surface area contributed by atoms with Gasteiger partial charge in [0, 0.05) is 26.2 Å². The van der Waals surface area contributed by atoms with Gasteiger partial charge >= 0.3 is 0 Å². The maximum absolute atomic E-state index is 12.5. The number of morpholine rings is 1. The molecule has 1 amide bonds. The van der Waals surface area contributed by atoms with Gasteiger partial charge in [0.2, 0.25) is 5.91 Å². The topological polar surface area (TPSA) is 44.8 Å². The van der Waals surface area contributed by atoms with E-state index in [1.807, 2.05) is 14.0 Å². The first kappa shape index (κ1) is 15.7. The number of hydrogen-bond donors (Lipinski definition) is 1. The van der Waals surface area contributed by atoms with Gasteiger partial charge in [-0.3, -0.25) is 9.69 Å². The zero-order valence-corrected chi connectivity index (χ0v) is 12.9. The first-order valence-electron chi connectivity index (χ1n) is 7.97. The lowest BCUT2D eigenvalue weighted by atomic mass is 9.93. The fraction of sp³-hybridized carbons (Fsp3) is 0.933. The number of carbonyl (C=O) groups is 1. The summed E-state index contributed by atoms with van der Waals surface area (Å²) in [6.45, 7) is 8.26. The van der Waals surface area contributed by atoms with E-state index in [2.05, 4.69) is 15.1 Å². The Balaban J connectivity index is 1.75. The summed E-state index contributed by atoms with van der Waals surface area (Å²) in [5.41, 5.74) is 0. The highest BCUT2D eigenvalue weighted by molar-refractivity contribution is 5.81. The third kappa shape index (κ3) is 4.17. The fourth-order valence-corrected chi connectivity index (χ4v) is 3.18. The molecule has 116 valence electrons. The molecule has 2 rings (SSSR count). The van der Waals surface area contributed by atoms with Crippen LogP contribution < -0.4 is 5.32 Å². The van der Waals surface area contributed by atoms with Gasteiger partial charge in [0.1, 0.15) is 0 Å². The van der Waals surface area contributed by atoms with Crippen LogP contribution >= 0.6 is 0 Å². The van der Waals surface area contributed by atoms with Crippen molar-refractivity contribution in [3.63, 3.8) is 0 Å². The highest BCUT2D eigenvalue weighted by Crippen LogP contribution is 2.21. The second-order valence-corrected chi connectivity index (χ2v) is 5.99. The zero-order valence-electron chi connectivity index (χ0n) is 12.9. The van der Waals surface area contributed by atoms with Gasteiger partial charge in [-0.2, -0.15) is 0 Å². The van der Waals surface area contributed by atoms with Gasteiger partial charge in [0.25, 0.3) is 0 Å². The summed E-state index contributed by atoms with van der Waals surface area (Å²) in [5, 5.41) is 3.21. The van der Waals surface area contributed by atoms with Crippen LogP contribution in [0.15, 0.2) is 0 Å². The minimum absolute atomic E-state index is 0.00718. The lowest BCUT2D eigenvalue weighted by molar-refractivity contribution is -0.139. The highest BCUT2D eigenvalue weighted by Gasteiger charge is 2.29. The first-order valence-corrected chi connectivity index (χ1v) is 7.97. The molecule has 0 bridgehead atoms. The van der Waals surface area contributed by atoms with Crippen LogP contribution in [0.3, 0.4) is 0 Å². The van der Waals surface area contributed by atoms with E-state index in [1.54, 1.807) is 0 Å². The number of amides is 1. The number of carbonyl (C=O) groups excluding carboxylic acids is 1. The Morgan fingerprint density at radius 1 is 1.25 bits per heavy atom. The monoisotopic (exact) mass is 283 g/mol. The van der Waals surface area contributed by atoms with Crippen LogP contribution in [-0.4, -0.2) is 74.7 Å². The van der Waals surface area contributed by atoms with Crippen molar-refractivity contribution in [1.82, 2.24) is 15.1 Å². The van der Waals surface area contributed by atoms with E-state index in [0.717, 1.165) is 64.7 Å². The third-order valence-electron chi connectivity index (χ3n) is 4.68. The van der Waals surface area contributed by atoms with Gasteiger partial charge in [0.15, 0.2) is 0 Å². The molecule has 0 aromatic carbocycles. The lowest BCUT2D eigenvalue weighted by Crippen LogP contribution is -2.52. The predicted octanol–water partition coefficient (Wildman–Crippen LogP) is 0.555. The molecule has 0 spiro atoms. The van der Waals surface area contributed by atoms with Crippen molar-refractivity contribution in [2.24, 2.45) is 5.92 Å². The number of rotatable bonds is 5. The van der Waals surface area contributed by atoms with Crippen molar-refractivity contribution >= 4 is 5.91 Å². The van der Waals surface area contributed by atoms with E-state index in [-0.39, 0.29) is 6.04 Å². The van der Waals surface area contributed by atoms with E-state index in [9.17, 15) is 4.79 Å². The fourth-order valence-electron chi connectivity index (χ4n) is 3.18. The summed E-state index contributed by atoms with van der Waals surface area (Å²) in [7, 11) is 2.00. The summed E-state index contributed by atoms with van der Waals surface area (Å²) in [4.78, 5) is 16.9. The van der Waals surface area contributed by atoms with Gasteiger partial charge in [-0.15, -0.1) is 0 Å². The van der Waals surface area contributed by atoms with Crippen molar-refractivity contribution in [2.75, 3.05) is 53.0 Å². The van der Waals surface area contributed by atoms with E-state index < -0.39 is 0 Å². The second kappa shape index (κ2) is 7.96.